The molecule has 0 aromatic heterocycles. The second-order valence-electron chi connectivity index (χ2n) is 6.63. The van der Waals surface area contributed by atoms with Gasteiger partial charge in [0.25, 0.3) is 5.91 Å². The van der Waals surface area contributed by atoms with Gasteiger partial charge < -0.3 is 10.2 Å². The summed E-state index contributed by atoms with van der Waals surface area (Å²) in [4.78, 5) is 28.4. The maximum absolute atomic E-state index is 13.6. The number of rotatable bonds is 6. The Morgan fingerprint density at radius 3 is 2.30 bits per heavy atom. The minimum atomic E-state index is -0.559. The van der Waals surface area contributed by atoms with Crippen LogP contribution < -0.4 is 5.32 Å². The van der Waals surface area contributed by atoms with E-state index in [4.69, 9.17) is 0 Å². The van der Waals surface area contributed by atoms with Crippen LogP contribution in [0.25, 0.3) is 0 Å². The second kappa shape index (κ2) is 9.28. The molecule has 3 rings (SSSR count). The van der Waals surface area contributed by atoms with E-state index >= 15 is 0 Å². The van der Waals surface area contributed by atoms with Crippen LogP contribution in [0.3, 0.4) is 0 Å². The Morgan fingerprint density at radius 2 is 1.59 bits per heavy atom. The van der Waals surface area contributed by atoms with Gasteiger partial charge in [-0.25, -0.2) is 4.39 Å². The Morgan fingerprint density at radius 1 is 0.926 bits per heavy atom. The highest BCUT2D eigenvalue weighted by Gasteiger charge is 2.21. The molecule has 1 saturated heterocycles. The summed E-state index contributed by atoms with van der Waals surface area (Å²) in [6.45, 7) is 4.14. The van der Waals surface area contributed by atoms with Gasteiger partial charge in [-0.05, 0) is 17.7 Å². The molecule has 27 heavy (non-hydrogen) atoms. The van der Waals surface area contributed by atoms with E-state index in [1.165, 1.54) is 23.8 Å². The summed E-state index contributed by atoms with van der Waals surface area (Å²) in [5.41, 5.74) is 1.27. The number of nitrogens with one attached hydrogen (secondary N) is 1. The molecule has 2 aromatic carbocycles. The maximum Gasteiger partial charge on any atom is 0.254 e. The van der Waals surface area contributed by atoms with Crippen LogP contribution >= 0.6 is 0 Å². The van der Waals surface area contributed by atoms with Crippen molar-refractivity contribution in [2.24, 2.45) is 0 Å². The van der Waals surface area contributed by atoms with Gasteiger partial charge in [-0.2, -0.15) is 0 Å². The minimum Gasteiger partial charge on any atom is -0.351 e. The highest BCUT2D eigenvalue weighted by Crippen LogP contribution is 2.09. The van der Waals surface area contributed by atoms with Crippen molar-refractivity contribution in [3.63, 3.8) is 0 Å². The molecule has 1 fully saturated rings. The van der Waals surface area contributed by atoms with Crippen molar-refractivity contribution in [1.29, 1.82) is 0 Å². The molecule has 0 radical (unpaired) electrons. The quantitative estimate of drug-likeness (QED) is 0.850. The first kappa shape index (κ1) is 19.0. The smallest absolute Gasteiger partial charge is 0.254 e. The van der Waals surface area contributed by atoms with Gasteiger partial charge in [0.1, 0.15) is 5.82 Å². The Bertz CT molecular complexity index is 774. The van der Waals surface area contributed by atoms with E-state index in [1.807, 2.05) is 23.1 Å². The molecule has 5 nitrogen and oxygen atoms in total. The molecule has 1 aliphatic heterocycles. The molecular formula is C21H24FN3O2. The monoisotopic (exact) mass is 369 g/mol. The number of carbonyl (C=O) groups is 2. The summed E-state index contributed by atoms with van der Waals surface area (Å²) in [5, 5.41) is 2.61. The molecule has 6 heteroatoms. The number of hydrogen-bond donors (Lipinski definition) is 1. The Hall–Kier alpha value is -2.73. The largest absolute Gasteiger partial charge is 0.351 e. The van der Waals surface area contributed by atoms with Gasteiger partial charge in [0.2, 0.25) is 5.91 Å². The van der Waals surface area contributed by atoms with E-state index < -0.39 is 11.7 Å². The molecule has 0 atom stereocenters. The lowest BCUT2D eigenvalue weighted by Crippen LogP contribution is -2.48. The first-order chi connectivity index (χ1) is 13.1. The van der Waals surface area contributed by atoms with Crippen LogP contribution in [0.1, 0.15) is 22.3 Å². The molecule has 1 heterocycles. The van der Waals surface area contributed by atoms with E-state index in [1.54, 1.807) is 6.07 Å². The summed E-state index contributed by atoms with van der Waals surface area (Å²) < 4.78 is 13.6. The van der Waals surface area contributed by atoms with Crippen molar-refractivity contribution in [3.05, 3.63) is 71.5 Å². The summed E-state index contributed by atoms with van der Waals surface area (Å²) in [5.74, 6) is -1.03. The lowest BCUT2D eigenvalue weighted by molar-refractivity contribution is -0.132. The van der Waals surface area contributed by atoms with Crippen molar-refractivity contribution in [2.75, 3.05) is 32.7 Å². The molecule has 0 bridgehead atoms. The molecular weight excluding hydrogens is 345 g/mol. The lowest BCUT2D eigenvalue weighted by atomic mass is 10.2. The van der Waals surface area contributed by atoms with Crippen LogP contribution in [-0.2, 0) is 11.3 Å². The maximum atomic E-state index is 13.6. The normalized spacial score (nSPS) is 14.8. The number of carbonyl (C=O) groups excluding carboxylic acids is 2. The fourth-order valence-electron chi connectivity index (χ4n) is 3.18. The van der Waals surface area contributed by atoms with Gasteiger partial charge in [0.05, 0.1) is 5.56 Å². The van der Waals surface area contributed by atoms with E-state index in [9.17, 15) is 14.0 Å². The van der Waals surface area contributed by atoms with Crippen molar-refractivity contribution in [3.8, 4) is 0 Å². The SMILES string of the molecule is O=C(NCCC(=O)N1CCN(Cc2ccccc2)CC1)c1ccccc1F. The van der Waals surface area contributed by atoms with Crippen molar-refractivity contribution in [2.45, 2.75) is 13.0 Å². The number of halogens is 1. The Kier molecular flexibility index (Phi) is 6.54. The first-order valence-corrected chi connectivity index (χ1v) is 9.20. The predicted molar refractivity (Wildman–Crippen MR) is 102 cm³/mol. The zero-order valence-corrected chi connectivity index (χ0v) is 15.2. The minimum absolute atomic E-state index is 0.000486. The van der Waals surface area contributed by atoms with Crippen molar-refractivity contribution in [1.82, 2.24) is 15.1 Å². The van der Waals surface area contributed by atoms with E-state index in [2.05, 4.69) is 22.3 Å². The lowest BCUT2D eigenvalue weighted by Gasteiger charge is -2.34. The van der Waals surface area contributed by atoms with Gasteiger partial charge in [-0.1, -0.05) is 42.5 Å². The predicted octanol–water partition coefficient (Wildman–Crippen LogP) is 2.29. The third-order valence-electron chi connectivity index (χ3n) is 4.72. The molecule has 2 aromatic rings. The fourth-order valence-corrected chi connectivity index (χ4v) is 3.18. The number of piperazine rings is 1. The number of benzene rings is 2. The average molecular weight is 369 g/mol. The van der Waals surface area contributed by atoms with Crippen molar-refractivity contribution < 1.29 is 14.0 Å². The zero-order chi connectivity index (χ0) is 19.1. The number of amides is 2. The van der Waals surface area contributed by atoms with Crippen LogP contribution in [0, 0.1) is 5.82 Å². The third-order valence-corrected chi connectivity index (χ3v) is 4.72. The van der Waals surface area contributed by atoms with Crippen LogP contribution in [-0.4, -0.2) is 54.3 Å². The van der Waals surface area contributed by atoms with Gasteiger partial charge in [-0.3, -0.25) is 14.5 Å². The zero-order valence-electron chi connectivity index (χ0n) is 15.2. The molecule has 0 unspecified atom stereocenters. The summed E-state index contributed by atoms with van der Waals surface area (Å²) in [6.07, 6.45) is 0.221. The summed E-state index contributed by atoms with van der Waals surface area (Å²) >= 11 is 0. The van der Waals surface area contributed by atoms with Gasteiger partial charge in [-0.15, -0.1) is 0 Å². The van der Waals surface area contributed by atoms with Crippen LogP contribution in [0.2, 0.25) is 0 Å². The molecule has 1 aliphatic rings. The van der Waals surface area contributed by atoms with Crippen LogP contribution in [0.15, 0.2) is 54.6 Å². The molecule has 2 amide bonds. The Labute approximate surface area is 158 Å². The highest BCUT2D eigenvalue weighted by molar-refractivity contribution is 5.94. The topological polar surface area (TPSA) is 52.7 Å². The molecule has 142 valence electrons. The number of nitrogens with zero attached hydrogens (tertiary/aromatic N) is 2. The molecule has 0 saturated carbocycles. The third kappa shape index (κ3) is 5.37. The first-order valence-electron chi connectivity index (χ1n) is 9.20. The fraction of sp³-hybridized carbons (Fsp3) is 0.333. The number of hydrogen-bond acceptors (Lipinski definition) is 3. The second-order valence-corrected chi connectivity index (χ2v) is 6.63. The van der Waals surface area contributed by atoms with Crippen LogP contribution in [0.4, 0.5) is 4.39 Å². The molecule has 0 spiro atoms. The van der Waals surface area contributed by atoms with Gasteiger partial charge in [0, 0.05) is 45.7 Å². The molecule has 0 aliphatic carbocycles. The average Bonchev–Trinajstić information content (AvgIpc) is 2.69. The Balaban J connectivity index is 1.38. The van der Waals surface area contributed by atoms with Gasteiger partial charge in [0.15, 0.2) is 0 Å². The van der Waals surface area contributed by atoms with Crippen LogP contribution in [0.5, 0.6) is 0 Å². The van der Waals surface area contributed by atoms with Crippen molar-refractivity contribution >= 4 is 11.8 Å². The van der Waals surface area contributed by atoms with E-state index in [-0.39, 0.29) is 24.4 Å². The van der Waals surface area contributed by atoms with E-state index in [0.29, 0.717) is 13.1 Å². The summed E-state index contributed by atoms with van der Waals surface area (Å²) in [7, 11) is 0. The molecule has 1 N–H and O–H groups in total. The standard InChI is InChI=1S/C21H24FN3O2/c22-19-9-5-4-8-18(19)21(27)23-11-10-20(26)25-14-12-24(13-15-25)16-17-6-2-1-3-7-17/h1-9H,10-16H2,(H,23,27). The summed E-state index contributed by atoms with van der Waals surface area (Å²) in [6, 6.07) is 16.1. The van der Waals surface area contributed by atoms with E-state index in [0.717, 1.165) is 19.6 Å². The highest BCUT2D eigenvalue weighted by atomic mass is 19.1. The van der Waals surface area contributed by atoms with Gasteiger partial charge >= 0.3 is 0 Å².